The first kappa shape index (κ1) is 17.3. The molecule has 7 heteroatoms. The fraction of sp³-hybridized carbons (Fsp3) is 0.706. The van der Waals surface area contributed by atoms with Crippen molar-refractivity contribution in [1.29, 1.82) is 5.26 Å². The van der Waals surface area contributed by atoms with Crippen LogP contribution in [0.3, 0.4) is 0 Å². The van der Waals surface area contributed by atoms with Crippen molar-refractivity contribution in [2.45, 2.75) is 64.2 Å². The summed E-state index contributed by atoms with van der Waals surface area (Å²) in [4.78, 5) is 0.471. The number of hydrazone groups is 1. The third kappa shape index (κ3) is 3.76. The van der Waals surface area contributed by atoms with E-state index >= 15 is 0 Å². The highest BCUT2D eigenvalue weighted by atomic mass is 32.3. The molecule has 0 bridgehead atoms. The number of nitriles is 1. The molecule has 0 amide bonds. The summed E-state index contributed by atoms with van der Waals surface area (Å²) in [6.07, 6.45) is 11.4. The standard InChI is InChI=1S/C17H24N4O2S/c18-11-6-12-21(19-13-14-7-2-1-3-8-14)17-15-9-4-5-10-16(15)24(22,23)20-17/h13-14H,1-10,12H2/b19-13+. The number of allylic oxidation sites excluding steroid dienone is 1. The minimum Gasteiger partial charge on any atom is -0.587 e. The topological polar surface area (TPSA) is 91.9 Å². The van der Waals surface area contributed by atoms with E-state index in [9.17, 15) is 8.76 Å². The van der Waals surface area contributed by atoms with Gasteiger partial charge in [0.2, 0.25) is 16.2 Å². The van der Waals surface area contributed by atoms with E-state index < -0.39 is 10.4 Å². The highest BCUT2D eigenvalue weighted by molar-refractivity contribution is 8.00. The second kappa shape index (κ2) is 7.58. The Bertz CT molecular complexity index is 656. The lowest BCUT2D eigenvalue weighted by atomic mass is 9.90. The van der Waals surface area contributed by atoms with Gasteiger partial charge in [-0.25, -0.2) is 5.01 Å². The second-order valence-corrected chi connectivity index (χ2v) is 8.32. The van der Waals surface area contributed by atoms with Crippen LogP contribution in [0.5, 0.6) is 0 Å². The van der Waals surface area contributed by atoms with E-state index in [1.807, 2.05) is 6.21 Å². The number of sulfonamides is 1. The molecular weight excluding hydrogens is 324 g/mol. The molecule has 3 aliphatic rings. The molecule has 1 aliphatic heterocycles. The molecule has 1 heterocycles. The van der Waals surface area contributed by atoms with Crippen molar-refractivity contribution in [1.82, 2.24) is 5.01 Å². The molecule has 0 spiro atoms. The lowest BCUT2D eigenvalue weighted by molar-refractivity contribution is 0.422. The van der Waals surface area contributed by atoms with E-state index in [2.05, 4.69) is 15.6 Å². The smallest absolute Gasteiger partial charge is 0.208 e. The molecule has 0 aromatic rings. The Morgan fingerprint density at radius 1 is 1.29 bits per heavy atom. The van der Waals surface area contributed by atoms with Crippen molar-refractivity contribution in [3.63, 3.8) is 0 Å². The van der Waals surface area contributed by atoms with Crippen LogP contribution in [0.25, 0.3) is 0 Å². The molecule has 1 fully saturated rings. The summed E-state index contributed by atoms with van der Waals surface area (Å²) in [5.41, 5.74) is 0.819. The van der Waals surface area contributed by atoms with Crippen LogP contribution in [0.1, 0.15) is 64.2 Å². The van der Waals surface area contributed by atoms with Gasteiger partial charge in [0.25, 0.3) is 0 Å². The normalized spacial score (nSPS) is 27.9. The van der Waals surface area contributed by atoms with Crippen molar-refractivity contribution >= 4 is 22.4 Å². The maximum absolute atomic E-state index is 12.3. The Balaban J connectivity index is 1.83. The number of hydrogen-bond acceptors (Lipinski definition) is 5. The molecule has 6 nitrogen and oxygen atoms in total. The predicted molar refractivity (Wildman–Crippen MR) is 93.8 cm³/mol. The monoisotopic (exact) mass is 348 g/mol. The first-order chi connectivity index (χ1) is 11.6. The van der Waals surface area contributed by atoms with E-state index in [1.165, 1.54) is 19.3 Å². The number of amidine groups is 1. The van der Waals surface area contributed by atoms with Gasteiger partial charge >= 0.3 is 0 Å². The number of nitrogens with zero attached hydrogens (tertiary/aromatic N) is 4. The minimum absolute atomic E-state index is 0.295. The SMILES string of the molecule is N#CCCN(/N=C/C1CCCCC1)C1=N[S+](=O)([O-])C2=C1CCCC2. The zero-order valence-electron chi connectivity index (χ0n) is 13.9. The lowest BCUT2D eigenvalue weighted by Crippen LogP contribution is -2.29. The van der Waals surface area contributed by atoms with Gasteiger partial charge in [0, 0.05) is 12.6 Å². The van der Waals surface area contributed by atoms with Crippen molar-refractivity contribution in [2.24, 2.45) is 15.4 Å². The summed E-state index contributed by atoms with van der Waals surface area (Å²) < 4.78 is 28.6. The van der Waals surface area contributed by atoms with Gasteiger partial charge in [0.05, 0.1) is 24.6 Å². The van der Waals surface area contributed by atoms with Crippen molar-refractivity contribution in [2.75, 3.05) is 6.54 Å². The molecule has 1 unspecified atom stereocenters. The first-order valence-electron chi connectivity index (χ1n) is 8.88. The molecule has 1 saturated carbocycles. The van der Waals surface area contributed by atoms with E-state index in [0.717, 1.165) is 37.7 Å². The lowest BCUT2D eigenvalue weighted by Gasteiger charge is -2.22. The van der Waals surface area contributed by atoms with Gasteiger partial charge in [0.15, 0.2) is 4.91 Å². The summed E-state index contributed by atoms with van der Waals surface area (Å²) in [7, 11) is -3.54. The molecule has 2 aliphatic carbocycles. The molecule has 1 atom stereocenters. The third-order valence-electron chi connectivity index (χ3n) is 4.95. The van der Waals surface area contributed by atoms with Gasteiger partial charge in [-0.3, -0.25) is 0 Å². The molecule has 0 radical (unpaired) electrons. The summed E-state index contributed by atoms with van der Waals surface area (Å²) in [5, 5.41) is 15.1. The molecule has 0 aromatic heterocycles. The Kier molecular flexibility index (Phi) is 5.47. The summed E-state index contributed by atoms with van der Waals surface area (Å²) >= 11 is 0. The van der Waals surface area contributed by atoms with Gasteiger partial charge in [-0.15, -0.1) is 0 Å². The molecule has 24 heavy (non-hydrogen) atoms. The second-order valence-electron chi connectivity index (χ2n) is 6.69. The maximum Gasteiger partial charge on any atom is 0.208 e. The fourth-order valence-electron chi connectivity index (χ4n) is 3.66. The minimum atomic E-state index is -3.54. The zero-order chi connectivity index (χ0) is 17.0. The zero-order valence-corrected chi connectivity index (χ0v) is 14.8. The third-order valence-corrected chi connectivity index (χ3v) is 6.44. The average molecular weight is 348 g/mol. The Hall–Kier alpha value is -1.52. The molecule has 0 saturated heterocycles. The Morgan fingerprint density at radius 2 is 2.04 bits per heavy atom. The predicted octanol–water partition coefficient (Wildman–Crippen LogP) is 3.55. The molecule has 0 aromatic carbocycles. The van der Waals surface area contributed by atoms with Crippen molar-refractivity contribution in [3.05, 3.63) is 10.5 Å². The van der Waals surface area contributed by atoms with Crippen LogP contribution in [-0.2, 0) is 14.6 Å². The first-order valence-corrected chi connectivity index (χ1v) is 10.3. The van der Waals surface area contributed by atoms with Crippen molar-refractivity contribution < 1.29 is 8.76 Å². The van der Waals surface area contributed by atoms with E-state index in [1.54, 1.807) is 5.01 Å². The Morgan fingerprint density at radius 3 is 2.79 bits per heavy atom. The molecule has 0 N–H and O–H groups in total. The van der Waals surface area contributed by atoms with Gasteiger partial charge in [-0.2, -0.15) is 10.4 Å². The van der Waals surface area contributed by atoms with Crippen molar-refractivity contribution in [3.8, 4) is 6.07 Å². The number of rotatable bonds is 4. The van der Waals surface area contributed by atoms with Crippen LogP contribution in [0.15, 0.2) is 20.0 Å². The van der Waals surface area contributed by atoms with Gasteiger partial charge in [-0.05, 0) is 42.4 Å². The summed E-state index contributed by atoms with van der Waals surface area (Å²) in [6.45, 7) is 0.380. The quantitative estimate of drug-likeness (QED) is 0.441. The highest BCUT2D eigenvalue weighted by Crippen LogP contribution is 2.39. The van der Waals surface area contributed by atoms with E-state index in [0.29, 0.717) is 36.0 Å². The van der Waals surface area contributed by atoms with Gasteiger partial charge < -0.3 is 4.55 Å². The van der Waals surface area contributed by atoms with Gasteiger partial charge in [0.1, 0.15) is 0 Å². The summed E-state index contributed by atoms with van der Waals surface area (Å²) in [5.74, 6) is 0.897. The van der Waals surface area contributed by atoms with Crippen LogP contribution in [-0.4, -0.2) is 28.2 Å². The average Bonchev–Trinajstić information content (AvgIpc) is 2.88. The highest BCUT2D eigenvalue weighted by Gasteiger charge is 2.41. The Labute approximate surface area is 144 Å². The fourth-order valence-corrected chi connectivity index (χ4v) is 5.11. The molecule has 3 rings (SSSR count). The molecule has 130 valence electrons. The van der Waals surface area contributed by atoms with Gasteiger partial charge in [-0.1, -0.05) is 23.5 Å². The summed E-state index contributed by atoms with van der Waals surface area (Å²) in [6, 6.07) is 2.12. The largest absolute Gasteiger partial charge is 0.587 e. The molecular formula is C17H24N4O2S. The van der Waals surface area contributed by atoms with Crippen LogP contribution in [0.4, 0.5) is 0 Å². The van der Waals surface area contributed by atoms with Crippen LogP contribution < -0.4 is 0 Å². The maximum atomic E-state index is 12.3. The van der Waals surface area contributed by atoms with E-state index in [4.69, 9.17) is 5.26 Å². The number of hydrogen-bond donors (Lipinski definition) is 0. The van der Waals surface area contributed by atoms with E-state index in [-0.39, 0.29) is 0 Å². The van der Waals surface area contributed by atoms with Crippen LogP contribution in [0.2, 0.25) is 0 Å². The van der Waals surface area contributed by atoms with Crippen LogP contribution in [0, 0.1) is 17.2 Å². The van der Waals surface area contributed by atoms with Crippen LogP contribution >= 0.6 is 0 Å².